The maximum atomic E-state index is 13.9. The summed E-state index contributed by atoms with van der Waals surface area (Å²) < 4.78 is 5.20. The van der Waals surface area contributed by atoms with Crippen molar-refractivity contribution in [3.05, 3.63) is 89.5 Å². The number of benzene rings is 3. The fraction of sp³-hybridized carbons (Fsp3) is 0.400. The summed E-state index contributed by atoms with van der Waals surface area (Å²) in [7, 11) is 1.59. The molecule has 8 nitrogen and oxygen atoms in total. The molecule has 3 amide bonds. The summed E-state index contributed by atoms with van der Waals surface area (Å²) in [5.41, 5.74) is 3.57. The fourth-order valence-electron chi connectivity index (χ4n) is 6.11. The third-order valence-electron chi connectivity index (χ3n) is 8.54. The Kier molecular flexibility index (Phi) is 9.97. The predicted octanol–water partition coefficient (Wildman–Crippen LogP) is 5.81. The predicted molar refractivity (Wildman–Crippen MR) is 170 cm³/mol. The second-order valence-electron chi connectivity index (χ2n) is 11.3. The lowest BCUT2D eigenvalue weighted by atomic mass is 9.95. The average Bonchev–Trinajstić information content (AvgIpc) is 3.32. The van der Waals surface area contributed by atoms with Gasteiger partial charge >= 0.3 is 0 Å². The molecular formula is C35H42N4O4. The Hall–Kier alpha value is -4.33. The zero-order valence-corrected chi connectivity index (χ0v) is 25.3. The van der Waals surface area contributed by atoms with Gasteiger partial charge in [0.15, 0.2) is 0 Å². The molecule has 5 rings (SSSR count). The van der Waals surface area contributed by atoms with Gasteiger partial charge in [-0.15, -0.1) is 0 Å². The van der Waals surface area contributed by atoms with E-state index in [2.05, 4.69) is 17.1 Å². The quantitative estimate of drug-likeness (QED) is 0.363. The van der Waals surface area contributed by atoms with Gasteiger partial charge in [0.05, 0.1) is 18.6 Å². The lowest BCUT2D eigenvalue weighted by molar-refractivity contribution is -0.132. The molecule has 0 unspecified atom stereocenters. The number of amides is 3. The molecule has 1 N–H and O–H groups in total. The van der Waals surface area contributed by atoms with Crippen molar-refractivity contribution in [1.29, 1.82) is 0 Å². The van der Waals surface area contributed by atoms with Crippen LogP contribution in [-0.4, -0.2) is 73.9 Å². The number of ether oxygens (including phenoxy) is 1. The molecule has 3 aromatic rings. The van der Waals surface area contributed by atoms with Gasteiger partial charge < -0.3 is 24.8 Å². The Labute approximate surface area is 254 Å². The Balaban J connectivity index is 1.36. The number of hydrogen-bond acceptors (Lipinski definition) is 5. The molecule has 0 aliphatic carbocycles. The summed E-state index contributed by atoms with van der Waals surface area (Å²) in [5, 5.41) is 2.97. The van der Waals surface area contributed by atoms with Gasteiger partial charge in [-0.3, -0.25) is 14.4 Å². The van der Waals surface area contributed by atoms with Gasteiger partial charge in [-0.2, -0.15) is 0 Å². The molecule has 226 valence electrons. The second-order valence-corrected chi connectivity index (χ2v) is 11.3. The molecule has 0 aromatic heterocycles. The van der Waals surface area contributed by atoms with Gasteiger partial charge in [0.1, 0.15) is 5.75 Å². The van der Waals surface area contributed by atoms with E-state index >= 15 is 0 Å². The highest BCUT2D eigenvalue weighted by molar-refractivity contribution is 6.06. The number of nitrogens with zero attached hydrogens (tertiary/aromatic N) is 3. The van der Waals surface area contributed by atoms with Crippen LogP contribution in [0.4, 0.5) is 11.4 Å². The van der Waals surface area contributed by atoms with Crippen LogP contribution in [0.1, 0.15) is 71.2 Å². The number of hydrogen-bond donors (Lipinski definition) is 1. The van der Waals surface area contributed by atoms with Crippen molar-refractivity contribution >= 4 is 29.1 Å². The first kappa shape index (κ1) is 30.1. The van der Waals surface area contributed by atoms with Crippen LogP contribution in [-0.2, 0) is 4.79 Å². The SMILES string of the molecule is CC[C@@H](C(=O)N1CCCN(c2ccc(NC(=O)c3ccc(OC)cc3)cc2C(=O)N2CCCCC2)CC1)c1ccccc1. The van der Waals surface area contributed by atoms with Crippen molar-refractivity contribution in [2.24, 2.45) is 0 Å². The molecule has 43 heavy (non-hydrogen) atoms. The monoisotopic (exact) mass is 582 g/mol. The van der Waals surface area contributed by atoms with Crippen molar-refractivity contribution < 1.29 is 19.1 Å². The van der Waals surface area contributed by atoms with E-state index in [0.29, 0.717) is 42.2 Å². The highest BCUT2D eigenvalue weighted by atomic mass is 16.5. The van der Waals surface area contributed by atoms with Crippen molar-refractivity contribution in [3.8, 4) is 5.75 Å². The van der Waals surface area contributed by atoms with E-state index in [1.165, 1.54) is 0 Å². The van der Waals surface area contributed by atoms with E-state index in [9.17, 15) is 14.4 Å². The van der Waals surface area contributed by atoms with Gasteiger partial charge in [-0.1, -0.05) is 37.3 Å². The number of carbonyl (C=O) groups excluding carboxylic acids is 3. The first-order valence-corrected chi connectivity index (χ1v) is 15.5. The first-order chi connectivity index (χ1) is 21.0. The molecule has 1 atom stereocenters. The summed E-state index contributed by atoms with van der Waals surface area (Å²) in [4.78, 5) is 46.7. The van der Waals surface area contributed by atoms with Gasteiger partial charge in [0.25, 0.3) is 11.8 Å². The minimum Gasteiger partial charge on any atom is -0.497 e. The third kappa shape index (κ3) is 7.19. The number of methoxy groups -OCH3 is 1. The van der Waals surface area contributed by atoms with Crippen LogP contribution < -0.4 is 15.0 Å². The maximum absolute atomic E-state index is 13.9. The van der Waals surface area contributed by atoms with Crippen LogP contribution in [0.25, 0.3) is 0 Å². The number of piperidine rings is 1. The number of nitrogens with one attached hydrogen (secondary N) is 1. The minimum atomic E-state index is -0.250. The van der Waals surface area contributed by atoms with Gasteiger partial charge in [-0.05, 0) is 80.1 Å². The van der Waals surface area contributed by atoms with Crippen LogP contribution in [0.5, 0.6) is 5.75 Å². The zero-order valence-electron chi connectivity index (χ0n) is 25.3. The lowest BCUT2D eigenvalue weighted by Crippen LogP contribution is -2.39. The van der Waals surface area contributed by atoms with Gasteiger partial charge in [-0.25, -0.2) is 0 Å². The molecule has 2 saturated heterocycles. The molecule has 2 aliphatic rings. The van der Waals surface area contributed by atoms with Crippen molar-refractivity contribution in [1.82, 2.24) is 9.80 Å². The normalized spacial score (nSPS) is 16.3. The van der Waals surface area contributed by atoms with Crippen LogP contribution in [0.3, 0.4) is 0 Å². The molecule has 0 bridgehead atoms. The standard InChI is InChI=1S/C35H42N4O4/c1-3-30(26-11-6-4-7-12-26)34(41)39-22-10-21-37(23-24-39)32-18-15-28(25-31(32)35(42)38-19-8-5-9-20-38)36-33(40)27-13-16-29(43-2)17-14-27/h4,6-7,11-18,25,30H,3,5,8-10,19-24H2,1-2H3,(H,36,40)/t30-/m1/s1. The van der Waals surface area contributed by atoms with Crippen LogP contribution in [0, 0.1) is 0 Å². The first-order valence-electron chi connectivity index (χ1n) is 15.5. The van der Waals surface area contributed by atoms with Gasteiger partial charge in [0, 0.05) is 56.2 Å². The van der Waals surface area contributed by atoms with E-state index in [0.717, 1.165) is 63.0 Å². The van der Waals surface area contributed by atoms with E-state index in [-0.39, 0.29) is 23.6 Å². The highest BCUT2D eigenvalue weighted by Gasteiger charge is 2.29. The second kappa shape index (κ2) is 14.2. The summed E-state index contributed by atoms with van der Waals surface area (Å²) >= 11 is 0. The van der Waals surface area contributed by atoms with Crippen LogP contribution >= 0.6 is 0 Å². The van der Waals surface area contributed by atoms with Crippen LogP contribution in [0.2, 0.25) is 0 Å². The minimum absolute atomic E-state index is 0.0115. The van der Waals surface area contributed by atoms with Crippen molar-refractivity contribution in [3.63, 3.8) is 0 Å². The molecule has 0 spiro atoms. The highest BCUT2D eigenvalue weighted by Crippen LogP contribution is 2.29. The summed E-state index contributed by atoms with van der Waals surface area (Å²) in [6.07, 6.45) is 4.68. The number of likely N-dealkylation sites (tertiary alicyclic amines) is 1. The number of anilines is 2. The maximum Gasteiger partial charge on any atom is 0.256 e. The Morgan fingerprint density at radius 1 is 0.791 bits per heavy atom. The molecule has 3 aromatic carbocycles. The third-order valence-corrected chi connectivity index (χ3v) is 8.54. The Morgan fingerprint density at radius 2 is 1.51 bits per heavy atom. The molecule has 8 heteroatoms. The van der Waals surface area contributed by atoms with E-state index < -0.39 is 0 Å². The molecular weight excluding hydrogens is 540 g/mol. The van der Waals surface area contributed by atoms with Gasteiger partial charge in [0.2, 0.25) is 5.91 Å². The molecule has 2 aliphatic heterocycles. The smallest absolute Gasteiger partial charge is 0.256 e. The Morgan fingerprint density at radius 3 is 2.21 bits per heavy atom. The number of carbonyl (C=O) groups is 3. The summed E-state index contributed by atoms with van der Waals surface area (Å²) in [5.74, 6) is 0.426. The van der Waals surface area contributed by atoms with Crippen molar-refractivity contribution in [2.45, 2.75) is 44.9 Å². The average molecular weight is 583 g/mol. The number of rotatable bonds is 8. The van der Waals surface area contributed by atoms with E-state index in [1.807, 2.05) is 58.3 Å². The molecule has 2 heterocycles. The molecule has 0 saturated carbocycles. The molecule has 0 radical (unpaired) electrons. The summed E-state index contributed by atoms with van der Waals surface area (Å²) in [6.45, 7) is 6.19. The zero-order chi connectivity index (χ0) is 30.2. The Bertz CT molecular complexity index is 1400. The lowest BCUT2D eigenvalue weighted by Gasteiger charge is -2.31. The van der Waals surface area contributed by atoms with E-state index in [4.69, 9.17) is 4.74 Å². The summed E-state index contributed by atoms with van der Waals surface area (Å²) in [6, 6.07) is 22.6. The fourth-order valence-corrected chi connectivity index (χ4v) is 6.11. The molecule has 2 fully saturated rings. The van der Waals surface area contributed by atoms with Crippen LogP contribution in [0.15, 0.2) is 72.8 Å². The topological polar surface area (TPSA) is 82.2 Å². The van der Waals surface area contributed by atoms with E-state index in [1.54, 1.807) is 31.4 Å². The van der Waals surface area contributed by atoms with Crippen molar-refractivity contribution in [2.75, 3.05) is 56.6 Å². The largest absolute Gasteiger partial charge is 0.497 e.